The van der Waals surface area contributed by atoms with Crippen molar-refractivity contribution >= 4 is 10.9 Å². The topological polar surface area (TPSA) is 42.1 Å². The number of H-pyrrole nitrogens is 1. The number of fused-ring (bicyclic) bond motifs is 1. The standard InChI is InChI=1S/C11H8F3NO2/c1-6-4-7-2-3-9(16)15-10(7)8(5-6)17-11(12,13)14/h2-5H,1H3,(H,15,16). The molecule has 17 heavy (non-hydrogen) atoms. The molecule has 1 N–H and O–H groups in total. The van der Waals surface area contributed by atoms with Crippen LogP contribution in [0.4, 0.5) is 13.2 Å². The van der Waals surface area contributed by atoms with Crippen molar-refractivity contribution in [2.75, 3.05) is 0 Å². The van der Waals surface area contributed by atoms with Crippen LogP contribution in [0.15, 0.2) is 29.1 Å². The Labute approximate surface area is 93.8 Å². The fraction of sp³-hybridized carbons (Fsp3) is 0.182. The van der Waals surface area contributed by atoms with Gasteiger partial charge in [0, 0.05) is 11.5 Å². The van der Waals surface area contributed by atoms with Gasteiger partial charge in [0.25, 0.3) is 0 Å². The van der Waals surface area contributed by atoms with Crippen LogP contribution in [-0.2, 0) is 0 Å². The number of nitrogens with one attached hydrogen (secondary N) is 1. The van der Waals surface area contributed by atoms with Crippen LogP contribution in [0, 0.1) is 6.92 Å². The first kappa shape index (κ1) is 11.5. The first-order valence-electron chi connectivity index (χ1n) is 4.74. The third-order valence-electron chi connectivity index (χ3n) is 2.17. The molecule has 0 aliphatic heterocycles. The van der Waals surface area contributed by atoms with Gasteiger partial charge in [-0.3, -0.25) is 4.79 Å². The van der Waals surface area contributed by atoms with Gasteiger partial charge in [-0.05, 0) is 30.7 Å². The van der Waals surface area contributed by atoms with Crippen molar-refractivity contribution in [3.05, 3.63) is 40.2 Å². The minimum atomic E-state index is -4.78. The highest BCUT2D eigenvalue weighted by molar-refractivity contribution is 5.85. The van der Waals surface area contributed by atoms with E-state index in [-0.39, 0.29) is 5.52 Å². The summed E-state index contributed by atoms with van der Waals surface area (Å²) in [6.07, 6.45) is -4.78. The van der Waals surface area contributed by atoms with Crippen LogP contribution in [0.5, 0.6) is 5.75 Å². The van der Waals surface area contributed by atoms with Crippen LogP contribution in [-0.4, -0.2) is 11.3 Å². The minimum Gasteiger partial charge on any atom is -0.404 e. The number of aromatic nitrogens is 1. The number of aryl methyl sites for hydroxylation is 1. The number of halogens is 3. The van der Waals surface area contributed by atoms with Gasteiger partial charge in [0.1, 0.15) is 0 Å². The maximum atomic E-state index is 12.2. The number of pyridine rings is 1. The predicted octanol–water partition coefficient (Wildman–Crippen LogP) is 2.74. The average Bonchev–Trinajstić information content (AvgIpc) is 2.16. The number of alkyl halides is 3. The smallest absolute Gasteiger partial charge is 0.404 e. The van der Waals surface area contributed by atoms with Gasteiger partial charge in [-0.15, -0.1) is 13.2 Å². The second kappa shape index (κ2) is 3.80. The molecule has 1 aromatic heterocycles. The third-order valence-corrected chi connectivity index (χ3v) is 2.17. The lowest BCUT2D eigenvalue weighted by atomic mass is 10.1. The number of hydrogen-bond acceptors (Lipinski definition) is 2. The fourth-order valence-electron chi connectivity index (χ4n) is 1.58. The highest BCUT2D eigenvalue weighted by atomic mass is 19.4. The van der Waals surface area contributed by atoms with Crippen molar-refractivity contribution in [1.82, 2.24) is 4.98 Å². The molecule has 0 saturated carbocycles. The molecule has 0 amide bonds. The lowest BCUT2D eigenvalue weighted by Crippen LogP contribution is -2.18. The second-order valence-electron chi connectivity index (χ2n) is 3.60. The van der Waals surface area contributed by atoms with Gasteiger partial charge in [-0.25, -0.2) is 0 Å². The monoisotopic (exact) mass is 243 g/mol. The van der Waals surface area contributed by atoms with Crippen LogP contribution in [0.1, 0.15) is 5.56 Å². The molecule has 0 aliphatic carbocycles. The van der Waals surface area contributed by atoms with Gasteiger partial charge in [0.05, 0.1) is 5.52 Å². The highest BCUT2D eigenvalue weighted by Crippen LogP contribution is 2.29. The Morgan fingerprint density at radius 1 is 1.24 bits per heavy atom. The first-order chi connectivity index (χ1) is 7.85. The lowest BCUT2D eigenvalue weighted by molar-refractivity contribution is -0.274. The zero-order valence-corrected chi connectivity index (χ0v) is 8.76. The SMILES string of the molecule is Cc1cc(OC(F)(F)F)c2[nH]c(=O)ccc2c1. The maximum absolute atomic E-state index is 12.2. The summed E-state index contributed by atoms with van der Waals surface area (Å²) in [4.78, 5) is 13.4. The van der Waals surface area contributed by atoms with E-state index < -0.39 is 17.7 Å². The average molecular weight is 243 g/mol. The third kappa shape index (κ3) is 2.58. The summed E-state index contributed by atoms with van der Waals surface area (Å²) in [5, 5.41) is 0.490. The van der Waals surface area contributed by atoms with E-state index in [1.807, 2.05) is 0 Å². The Bertz CT molecular complexity index is 616. The molecular formula is C11H8F3NO2. The van der Waals surface area contributed by atoms with Crippen molar-refractivity contribution < 1.29 is 17.9 Å². The van der Waals surface area contributed by atoms with Gasteiger partial charge >= 0.3 is 6.36 Å². The van der Waals surface area contributed by atoms with Crippen LogP contribution in [0.2, 0.25) is 0 Å². The molecule has 0 aliphatic rings. The molecule has 2 aromatic rings. The minimum absolute atomic E-state index is 0.0421. The number of rotatable bonds is 1. The number of aromatic amines is 1. The number of ether oxygens (including phenoxy) is 1. The summed E-state index contributed by atoms with van der Waals surface area (Å²) in [6, 6.07) is 5.59. The van der Waals surface area contributed by atoms with Gasteiger partial charge in [0.15, 0.2) is 5.75 Å². The Morgan fingerprint density at radius 3 is 2.59 bits per heavy atom. The van der Waals surface area contributed by atoms with Crippen molar-refractivity contribution in [1.29, 1.82) is 0 Å². The van der Waals surface area contributed by atoms with E-state index in [9.17, 15) is 18.0 Å². The number of hydrogen-bond donors (Lipinski definition) is 1. The normalized spacial score (nSPS) is 11.8. The Balaban J connectivity index is 2.67. The van der Waals surface area contributed by atoms with Gasteiger partial charge in [-0.2, -0.15) is 0 Å². The molecule has 90 valence electrons. The van der Waals surface area contributed by atoms with Gasteiger partial charge < -0.3 is 9.72 Å². The summed E-state index contributed by atoms with van der Waals surface area (Å²) >= 11 is 0. The van der Waals surface area contributed by atoms with E-state index in [0.717, 1.165) is 0 Å². The zero-order chi connectivity index (χ0) is 12.6. The summed E-state index contributed by atoms with van der Waals surface area (Å²) in [7, 11) is 0. The molecule has 1 aromatic carbocycles. The summed E-state index contributed by atoms with van der Waals surface area (Å²) < 4.78 is 40.4. The molecule has 0 bridgehead atoms. The lowest BCUT2D eigenvalue weighted by Gasteiger charge is -2.11. The Kier molecular flexibility index (Phi) is 2.57. The molecule has 6 heteroatoms. The quantitative estimate of drug-likeness (QED) is 0.836. The molecule has 0 atom stereocenters. The maximum Gasteiger partial charge on any atom is 0.573 e. The fourth-order valence-corrected chi connectivity index (χ4v) is 1.58. The molecule has 0 radical (unpaired) electrons. The van der Waals surface area contributed by atoms with Crippen molar-refractivity contribution in [2.24, 2.45) is 0 Å². The van der Waals surface area contributed by atoms with Crippen molar-refractivity contribution in [2.45, 2.75) is 13.3 Å². The highest BCUT2D eigenvalue weighted by Gasteiger charge is 2.32. The van der Waals surface area contributed by atoms with Crippen molar-refractivity contribution in [3.8, 4) is 5.75 Å². The number of benzene rings is 1. The van der Waals surface area contributed by atoms with E-state index in [0.29, 0.717) is 10.9 Å². The Hall–Kier alpha value is -1.98. The molecule has 0 unspecified atom stereocenters. The molecule has 3 nitrogen and oxygen atoms in total. The molecule has 1 heterocycles. The van der Waals surface area contributed by atoms with Crippen LogP contribution in [0.3, 0.4) is 0 Å². The van der Waals surface area contributed by atoms with Gasteiger partial charge in [-0.1, -0.05) is 0 Å². The molecule has 0 fully saturated rings. The van der Waals surface area contributed by atoms with Crippen molar-refractivity contribution in [3.63, 3.8) is 0 Å². The van der Waals surface area contributed by atoms with E-state index in [2.05, 4.69) is 9.72 Å². The summed E-state index contributed by atoms with van der Waals surface area (Å²) in [5.74, 6) is -0.398. The van der Waals surface area contributed by atoms with E-state index >= 15 is 0 Å². The zero-order valence-electron chi connectivity index (χ0n) is 8.76. The first-order valence-corrected chi connectivity index (χ1v) is 4.74. The van der Waals surface area contributed by atoms with Crippen LogP contribution in [0.25, 0.3) is 10.9 Å². The van der Waals surface area contributed by atoms with E-state index in [1.165, 1.54) is 18.2 Å². The molecule has 2 rings (SSSR count). The van der Waals surface area contributed by atoms with Crippen LogP contribution < -0.4 is 10.3 Å². The summed E-state index contributed by atoms with van der Waals surface area (Å²) in [6.45, 7) is 1.65. The second-order valence-corrected chi connectivity index (χ2v) is 3.60. The van der Waals surface area contributed by atoms with Gasteiger partial charge in [0.2, 0.25) is 5.56 Å². The van der Waals surface area contributed by atoms with E-state index in [1.54, 1.807) is 13.0 Å². The molecule has 0 saturated heterocycles. The largest absolute Gasteiger partial charge is 0.573 e. The molecular weight excluding hydrogens is 235 g/mol. The Morgan fingerprint density at radius 2 is 1.94 bits per heavy atom. The molecule has 0 spiro atoms. The predicted molar refractivity (Wildman–Crippen MR) is 56.0 cm³/mol. The summed E-state index contributed by atoms with van der Waals surface area (Å²) in [5.41, 5.74) is 0.178. The van der Waals surface area contributed by atoms with Crippen LogP contribution >= 0.6 is 0 Å². The van der Waals surface area contributed by atoms with E-state index in [4.69, 9.17) is 0 Å².